The van der Waals surface area contributed by atoms with Crippen molar-refractivity contribution in [2.24, 2.45) is 0 Å². The number of carbonyl (C=O) groups is 1. The van der Waals surface area contributed by atoms with E-state index in [2.05, 4.69) is 10.4 Å². The van der Waals surface area contributed by atoms with Gasteiger partial charge in [0.05, 0.1) is 16.2 Å². The molecule has 6 heteroatoms. The number of amides is 1. The van der Waals surface area contributed by atoms with Crippen LogP contribution in [0.5, 0.6) is 0 Å². The molecule has 0 aliphatic heterocycles. The van der Waals surface area contributed by atoms with Crippen molar-refractivity contribution in [1.82, 2.24) is 9.66 Å². The summed E-state index contributed by atoms with van der Waals surface area (Å²) in [5, 5.41) is 0.130. The number of carbonyl (C=O) groups excluding carboxylic acids is 1. The topological polar surface area (TPSA) is 64.0 Å². The third kappa shape index (κ3) is 3.49. The van der Waals surface area contributed by atoms with E-state index in [4.69, 9.17) is 0 Å². The summed E-state index contributed by atoms with van der Waals surface area (Å²) in [4.78, 5) is 29.9. The molecule has 0 spiro atoms. The Morgan fingerprint density at radius 2 is 1.88 bits per heavy atom. The van der Waals surface area contributed by atoms with Gasteiger partial charge in [0.1, 0.15) is 6.33 Å². The first-order valence-electron chi connectivity index (χ1n) is 7.55. The van der Waals surface area contributed by atoms with Crippen LogP contribution in [0.25, 0.3) is 10.9 Å². The van der Waals surface area contributed by atoms with Crippen molar-refractivity contribution < 1.29 is 4.79 Å². The number of aryl methyl sites for hydroxylation is 1. The molecule has 2 aromatic carbocycles. The highest BCUT2D eigenvalue weighted by molar-refractivity contribution is 8.00. The molecular weight excluding hydrogens is 322 g/mol. The first-order valence-corrected chi connectivity index (χ1v) is 8.43. The second-order valence-corrected chi connectivity index (χ2v) is 6.90. The maximum absolute atomic E-state index is 12.4. The fourth-order valence-electron chi connectivity index (χ4n) is 2.23. The second-order valence-electron chi connectivity index (χ2n) is 5.49. The molecule has 0 radical (unpaired) electrons. The van der Waals surface area contributed by atoms with Crippen molar-refractivity contribution in [1.29, 1.82) is 0 Å². The summed E-state index contributed by atoms with van der Waals surface area (Å²) in [6.45, 7) is 3.82. The number of nitrogens with zero attached hydrogens (tertiary/aromatic N) is 2. The summed E-state index contributed by atoms with van der Waals surface area (Å²) in [6.07, 6.45) is 1.34. The number of nitrogens with one attached hydrogen (secondary N) is 1. The zero-order valence-electron chi connectivity index (χ0n) is 13.4. The fraction of sp³-hybridized carbons (Fsp3) is 0.167. The molecule has 1 aromatic heterocycles. The van der Waals surface area contributed by atoms with Gasteiger partial charge >= 0.3 is 0 Å². The van der Waals surface area contributed by atoms with Gasteiger partial charge in [-0.25, -0.2) is 9.66 Å². The summed E-state index contributed by atoms with van der Waals surface area (Å²) in [5.74, 6) is -0.250. The molecule has 3 aromatic rings. The van der Waals surface area contributed by atoms with Crippen molar-refractivity contribution in [3.05, 3.63) is 70.8 Å². The molecule has 1 amide bonds. The van der Waals surface area contributed by atoms with Gasteiger partial charge in [-0.1, -0.05) is 29.8 Å². The Balaban J connectivity index is 1.75. The fourth-order valence-corrected chi connectivity index (χ4v) is 3.09. The van der Waals surface area contributed by atoms with Crippen LogP contribution >= 0.6 is 11.8 Å². The predicted octanol–water partition coefficient (Wildman–Crippen LogP) is 2.96. The van der Waals surface area contributed by atoms with Gasteiger partial charge < -0.3 is 0 Å². The number of thioether (sulfide) groups is 1. The van der Waals surface area contributed by atoms with E-state index in [-0.39, 0.29) is 16.7 Å². The molecular formula is C18H17N3O2S. The largest absolute Gasteiger partial charge is 0.280 e. The van der Waals surface area contributed by atoms with Crippen LogP contribution in [0.15, 0.2) is 64.5 Å². The number of hydrogen-bond donors (Lipinski definition) is 1. The minimum atomic E-state index is -0.342. The van der Waals surface area contributed by atoms with E-state index in [0.717, 1.165) is 9.57 Å². The van der Waals surface area contributed by atoms with E-state index in [0.29, 0.717) is 10.9 Å². The lowest BCUT2D eigenvalue weighted by Crippen LogP contribution is -2.36. The third-order valence-electron chi connectivity index (χ3n) is 3.60. The van der Waals surface area contributed by atoms with Gasteiger partial charge in [0.25, 0.3) is 11.5 Å². The summed E-state index contributed by atoms with van der Waals surface area (Å²) in [6, 6.07) is 15.0. The first kappa shape index (κ1) is 16.3. The van der Waals surface area contributed by atoms with Crippen LogP contribution in [0.2, 0.25) is 0 Å². The molecule has 0 aliphatic rings. The van der Waals surface area contributed by atoms with Crippen molar-refractivity contribution in [2.75, 3.05) is 5.43 Å². The maximum Gasteiger partial charge on any atom is 0.280 e. The lowest BCUT2D eigenvalue weighted by atomic mass is 10.2. The molecule has 0 unspecified atom stereocenters. The summed E-state index contributed by atoms with van der Waals surface area (Å²) >= 11 is 1.44. The Bertz CT molecular complexity index is 935. The van der Waals surface area contributed by atoms with Crippen molar-refractivity contribution in [3.63, 3.8) is 0 Å². The molecule has 1 atom stereocenters. The molecule has 122 valence electrons. The normalized spacial score (nSPS) is 12.1. The first-order chi connectivity index (χ1) is 11.5. The van der Waals surface area contributed by atoms with E-state index in [1.165, 1.54) is 23.7 Å². The number of hydrogen-bond acceptors (Lipinski definition) is 4. The van der Waals surface area contributed by atoms with Gasteiger partial charge in [-0.2, -0.15) is 0 Å². The van der Waals surface area contributed by atoms with Crippen LogP contribution in [0, 0.1) is 6.92 Å². The highest BCUT2D eigenvalue weighted by Gasteiger charge is 2.15. The predicted molar refractivity (Wildman–Crippen MR) is 96.9 cm³/mol. The Morgan fingerprint density at radius 1 is 1.17 bits per heavy atom. The van der Waals surface area contributed by atoms with E-state index in [1.807, 2.05) is 37.3 Å². The van der Waals surface area contributed by atoms with Crippen LogP contribution in [-0.2, 0) is 4.79 Å². The standard InChI is InChI=1S/C18H17N3O2S/c1-12-7-9-14(10-8-12)24-13(2)17(22)20-21-11-19-16-6-4-3-5-15(16)18(21)23/h3-11,13H,1-2H3,(H,20,22)/t13-/m1/s1. The molecule has 0 saturated heterocycles. The number of fused-ring (bicyclic) bond motifs is 1. The zero-order valence-corrected chi connectivity index (χ0v) is 14.2. The van der Waals surface area contributed by atoms with Gasteiger partial charge in [0.2, 0.25) is 0 Å². The SMILES string of the molecule is Cc1ccc(S[C@H](C)C(=O)Nn2cnc3ccccc3c2=O)cc1. The molecule has 5 nitrogen and oxygen atoms in total. The van der Waals surface area contributed by atoms with Gasteiger partial charge in [-0.3, -0.25) is 15.0 Å². The van der Waals surface area contributed by atoms with Crippen LogP contribution in [-0.4, -0.2) is 20.8 Å². The third-order valence-corrected chi connectivity index (χ3v) is 4.71. The molecule has 3 rings (SSSR count). The molecule has 0 aliphatic carbocycles. The summed E-state index contributed by atoms with van der Waals surface area (Å²) < 4.78 is 1.14. The summed E-state index contributed by atoms with van der Waals surface area (Å²) in [5.41, 5.74) is 4.10. The Morgan fingerprint density at radius 3 is 2.62 bits per heavy atom. The average Bonchev–Trinajstić information content (AvgIpc) is 2.59. The van der Waals surface area contributed by atoms with E-state index in [9.17, 15) is 9.59 Å². The smallest absolute Gasteiger partial charge is 0.272 e. The van der Waals surface area contributed by atoms with Gasteiger partial charge in [-0.15, -0.1) is 11.8 Å². The number of para-hydroxylation sites is 1. The maximum atomic E-state index is 12.4. The number of rotatable bonds is 4. The van der Waals surface area contributed by atoms with Gasteiger partial charge in [0, 0.05) is 4.90 Å². The molecule has 1 N–H and O–H groups in total. The Labute approximate surface area is 143 Å². The van der Waals surface area contributed by atoms with Gasteiger partial charge in [-0.05, 0) is 38.1 Å². The number of benzene rings is 2. The van der Waals surface area contributed by atoms with Crippen LogP contribution in [0.1, 0.15) is 12.5 Å². The lowest BCUT2D eigenvalue weighted by molar-refractivity contribution is -0.116. The Hall–Kier alpha value is -2.60. The van der Waals surface area contributed by atoms with E-state index >= 15 is 0 Å². The van der Waals surface area contributed by atoms with Gasteiger partial charge in [0.15, 0.2) is 0 Å². The van der Waals surface area contributed by atoms with Crippen LogP contribution in [0.4, 0.5) is 0 Å². The van der Waals surface area contributed by atoms with Crippen molar-refractivity contribution >= 4 is 28.6 Å². The minimum absolute atomic E-state index is 0.250. The minimum Gasteiger partial charge on any atom is -0.272 e. The highest BCUT2D eigenvalue weighted by Crippen LogP contribution is 2.23. The monoisotopic (exact) mass is 339 g/mol. The van der Waals surface area contributed by atoms with Crippen molar-refractivity contribution in [3.8, 4) is 0 Å². The molecule has 24 heavy (non-hydrogen) atoms. The lowest BCUT2D eigenvalue weighted by Gasteiger charge is -2.13. The second kappa shape index (κ2) is 6.88. The van der Waals surface area contributed by atoms with Crippen LogP contribution in [0.3, 0.4) is 0 Å². The van der Waals surface area contributed by atoms with Crippen molar-refractivity contribution in [2.45, 2.75) is 24.0 Å². The van der Waals surface area contributed by atoms with E-state index < -0.39 is 0 Å². The highest BCUT2D eigenvalue weighted by atomic mass is 32.2. The average molecular weight is 339 g/mol. The molecule has 0 bridgehead atoms. The molecule has 0 fully saturated rings. The van der Waals surface area contributed by atoms with E-state index in [1.54, 1.807) is 25.1 Å². The Kier molecular flexibility index (Phi) is 4.66. The molecule has 1 heterocycles. The van der Waals surface area contributed by atoms with Crippen LogP contribution < -0.4 is 11.0 Å². The summed E-state index contributed by atoms with van der Waals surface area (Å²) in [7, 11) is 0. The number of aromatic nitrogens is 2. The quantitative estimate of drug-likeness (QED) is 0.742. The zero-order chi connectivity index (χ0) is 17.1. The molecule has 0 saturated carbocycles.